The average Bonchev–Trinajstić information content (AvgIpc) is 3.16. The molecule has 0 aliphatic carbocycles. The van der Waals surface area contributed by atoms with Crippen LogP contribution in [0, 0.1) is 0 Å². The van der Waals surface area contributed by atoms with Crippen LogP contribution in [0.2, 0.25) is 10.0 Å². The topological polar surface area (TPSA) is 88.5 Å². The number of hydrogen-bond donors (Lipinski definition) is 2. The largest absolute Gasteiger partial charge is 0.304 e. The number of hydrogen-bond acceptors (Lipinski definition) is 4. The molecular formula is C14H12Cl2N6O. The Morgan fingerprint density at radius 1 is 1.30 bits per heavy atom. The molecule has 23 heavy (non-hydrogen) atoms. The molecule has 0 aliphatic heterocycles. The molecule has 0 radical (unpaired) electrons. The van der Waals surface area contributed by atoms with Crippen molar-refractivity contribution in [2.75, 3.05) is 5.32 Å². The van der Waals surface area contributed by atoms with Crippen molar-refractivity contribution >= 4 is 34.9 Å². The highest BCUT2D eigenvalue weighted by atomic mass is 35.5. The van der Waals surface area contributed by atoms with E-state index in [0.717, 1.165) is 0 Å². The molecule has 0 atom stereocenters. The van der Waals surface area contributed by atoms with E-state index < -0.39 is 5.91 Å². The normalized spacial score (nSPS) is 10.7. The van der Waals surface area contributed by atoms with Gasteiger partial charge < -0.3 is 5.32 Å². The number of aryl methyl sites for hydroxylation is 1. The fraction of sp³-hybridized carbons (Fsp3) is 0.143. The van der Waals surface area contributed by atoms with Crippen LogP contribution in [0.1, 0.15) is 23.4 Å². The molecule has 0 bridgehead atoms. The van der Waals surface area contributed by atoms with E-state index in [1.165, 1.54) is 10.9 Å². The third-order valence-electron chi connectivity index (χ3n) is 3.09. The summed E-state index contributed by atoms with van der Waals surface area (Å²) in [6.45, 7) is 1.90. The minimum Gasteiger partial charge on any atom is -0.304 e. The molecule has 3 aromatic rings. The fourth-order valence-electron chi connectivity index (χ4n) is 2.04. The second-order valence-electron chi connectivity index (χ2n) is 4.61. The Labute approximate surface area is 141 Å². The lowest BCUT2D eigenvalue weighted by Crippen LogP contribution is -2.14. The van der Waals surface area contributed by atoms with Crippen LogP contribution < -0.4 is 5.32 Å². The molecule has 1 amide bonds. The Balaban J connectivity index is 1.99. The van der Waals surface area contributed by atoms with Gasteiger partial charge >= 0.3 is 0 Å². The molecule has 0 saturated heterocycles. The predicted molar refractivity (Wildman–Crippen MR) is 87.3 cm³/mol. The third kappa shape index (κ3) is 3.06. The number of amides is 1. The van der Waals surface area contributed by atoms with Crippen molar-refractivity contribution in [1.29, 1.82) is 0 Å². The number of H-pyrrole nitrogens is 1. The highest BCUT2D eigenvalue weighted by Crippen LogP contribution is 2.28. The van der Waals surface area contributed by atoms with Gasteiger partial charge in [-0.3, -0.25) is 9.89 Å². The van der Waals surface area contributed by atoms with Crippen molar-refractivity contribution in [2.45, 2.75) is 13.3 Å². The van der Waals surface area contributed by atoms with Crippen LogP contribution in [0.5, 0.6) is 0 Å². The second-order valence-corrected chi connectivity index (χ2v) is 5.43. The second kappa shape index (κ2) is 6.39. The maximum Gasteiger partial charge on any atom is 0.296 e. The smallest absolute Gasteiger partial charge is 0.296 e. The number of aromatic amines is 1. The summed E-state index contributed by atoms with van der Waals surface area (Å²) >= 11 is 12.4. The maximum absolute atomic E-state index is 12.2. The summed E-state index contributed by atoms with van der Waals surface area (Å²) in [6, 6.07) is 6.77. The Bertz CT molecular complexity index is 823. The fourth-order valence-corrected chi connectivity index (χ4v) is 2.60. The van der Waals surface area contributed by atoms with Crippen molar-refractivity contribution in [2.24, 2.45) is 0 Å². The number of benzene rings is 1. The molecule has 0 fully saturated rings. The van der Waals surface area contributed by atoms with E-state index in [0.29, 0.717) is 33.8 Å². The molecule has 1 aromatic carbocycles. The number of halogens is 2. The number of para-hydroxylation sites is 1. The zero-order chi connectivity index (χ0) is 16.4. The van der Waals surface area contributed by atoms with Crippen molar-refractivity contribution in [3.8, 4) is 5.69 Å². The Kier molecular flexibility index (Phi) is 4.31. The lowest BCUT2D eigenvalue weighted by Gasteiger charge is -2.08. The first kappa shape index (κ1) is 15.5. The molecule has 0 spiro atoms. The van der Waals surface area contributed by atoms with Crippen LogP contribution in [0.4, 0.5) is 5.82 Å². The van der Waals surface area contributed by atoms with Gasteiger partial charge in [-0.05, 0) is 12.1 Å². The molecule has 3 rings (SSSR count). The number of nitrogens with zero attached hydrogens (tertiary/aromatic N) is 4. The van der Waals surface area contributed by atoms with E-state index in [1.54, 1.807) is 24.3 Å². The van der Waals surface area contributed by atoms with Gasteiger partial charge in [0.15, 0.2) is 0 Å². The van der Waals surface area contributed by atoms with Crippen molar-refractivity contribution in [1.82, 2.24) is 25.0 Å². The van der Waals surface area contributed by atoms with Gasteiger partial charge in [-0.25, -0.2) is 9.67 Å². The van der Waals surface area contributed by atoms with E-state index in [2.05, 4.69) is 25.6 Å². The number of nitrogens with one attached hydrogen (secondary N) is 2. The SMILES string of the molecule is CCc1nc(C(=O)Nc2ccn[nH]2)nn1-c1c(Cl)cccc1Cl. The lowest BCUT2D eigenvalue weighted by molar-refractivity contribution is 0.101. The van der Waals surface area contributed by atoms with Crippen molar-refractivity contribution < 1.29 is 4.79 Å². The number of carbonyl (C=O) groups excluding carboxylic acids is 1. The summed E-state index contributed by atoms with van der Waals surface area (Å²) in [5, 5.41) is 14.1. The molecule has 0 unspecified atom stereocenters. The van der Waals surface area contributed by atoms with Gasteiger partial charge in [-0.15, -0.1) is 5.10 Å². The first-order chi connectivity index (χ1) is 11.1. The molecule has 2 N–H and O–H groups in total. The van der Waals surface area contributed by atoms with E-state index in [9.17, 15) is 4.79 Å². The van der Waals surface area contributed by atoms with Gasteiger partial charge in [-0.1, -0.05) is 36.2 Å². The molecular weight excluding hydrogens is 339 g/mol. The quantitative estimate of drug-likeness (QED) is 0.756. The Morgan fingerprint density at radius 2 is 2.04 bits per heavy atom. The lowest BCUT2D eigenvalue weighted by atomic mass is 10.3. The highest BCUT2D eigenvalue weighted by molar-refractivity contribution is 6.37. The van der Waals surface area contributed by atoms with Crippen LogP contribution in [0.25, 0.3) is 5.69 Å². The molecule has 9 heteroatoms. The van der Waals surface area contributed by atoms with Gasteiger partial charge in [0.1, 0.15) is 17.3 Å². The van der Waals surface area contributed by atoms with Gasteiger partial charge in [0.05, 0.1) is 16.2 Å². The summed E-state index contributed by atoms with van der Waals surface area (Å²) in [4.78, 5) is 16.5. The monoisotopic (exact) mass is 350 g/mol. The number of anilines is 1. The van der Waals surface area contributed by atoms with Crippen LogP contribution >= 0.6 is 23.2 Å². The molecule has 7 nitrogen and oxygen atoms in total. The van der Waals surface area contributed by atoms with Gasteiger partial charge in [0.25, 0.3) is 5.91 Å². The van der Waals surface area contributed by atoms with Crippen LogP contribution in [0.3, 0.4) is 0 Å². The van der Waals surface area contributed by atoms with Gasteiger partial charge in [0.2, 0.25) is 5.82 Å². The van der Waals surface area contributed by atoms with E-state index in [1.807, 2.05) is 6.92 Å². The average molecular weight is 351 g/mol. The zero-order valence-corrected chi connectivity index (χ0v) is 13.6. The minimum atomic E-state index is -0.453. The van der Waals surface area contributed by atoms with Crippen LogP contribution in [-0.4, -0.2) is 30.9 Å². The van der Waals surface area contributed by atoms with Gasteiger partial charge in [0, 0.05) is 12.5 Å². The Hall–Kier alpha value is -2.38. The molecule has 118 valence electrons. The molecule has 0 aliphatic rings. The van der Waals surface area contributed by atoms with E-state index in [4.69, 9.17) is 23.2 Å². The summed E-state index contributed by atoms with van der Waals surface area (Å²) in [5.41, 5.74) is 0.501. The minimum absolute atomic E-state index is 0.0208. The number of rotatable bonds is 4. The van der Waals surface area contributed by atoms with Gasteiger partial charge in [-0.2, -0.15) is 5.10 Å². The van der Waals surface area contributed by atoms with Crippen molar-refractivity contribution in [3.63, 3.8) is 0 Å². The standard InChI is InChI=1S/C14H12Cl2N6O/c1-2-11-19-13(14(23)18-10-6-7-17-20-10)21-22(11)12-8(15)4-3-5-9(12)16/h3-7H,2H2,1H3,(H2,17,18,20,23). The third-order valence-corrected chi connectivity index (χ3v) is 3.70. The zero-order valence-electron chi connectivity index (χ0n) is 12.0. The number of aromatic nitrogens is 5. The molecule has 2 heterocycles. The van der Waals surface area contributed by atoms with E-state index in [-0.39, 0.29) is 5.82 Å². The van der Waals surface area contributed by atoms with Crippen LogP contribution in [-0.2, 0) is 6.42 Å². The molecule has 2 aromatic heterocycles. The van der Waals surface area contributed by atoms with E-state index >= 15 is 0 Å². The van der Waals surface area contributed by atoms with Crippen LogP contribution in [0.15, 0.2) is 30.5 Å². The number of carbonyl (C=O) groups is 1. The summed E-state index contributed by atoms with van der Waals surface area (Å²) < 4.78 is 1.49. The summed E-state index contributed by atoms with van der Waals surface area (Å²) in [7, 11) is 0. The maximum atomic E-state index is 12.2. The van der Waals surface area contributed by atoms with Crippen molar-refractivity contribution in [3.05, 3.63) is 52.2 Å². The predicted octanol–water partition coefficient (Wildman–Crippen LogP) is 3.11. The first-order valence-electron chi connectivity index (χ1n) is 6.81. The first-order valence-corrected chi connectivity index (χ1v) is 7.56. The molecule has 0 saturated carbocycles. The highest BCUT2D eigenvalue weighted by Gasteiger charge is 2.19. The summed E-state index contributed by atoms with van der Waals surface area (Å²) in [5.74, 6) is 0.605. The summed E-state index contributed by atoms with van der Waals surface area (Å²) in [6.07, 6.45) is 2.09. The Morgan fingerprint density at radius 3 is 2.65 bits per heavy atom.